The molecule has 64 valence electrons. The minimum Gasteiger partial charge on any atom is -0.446 e. The zero-order valence-corrected chi connectivity index (χ0v) is 7.17. The molecule has 0 atom stereocenters. The van der Waals surface area contributed by atoms with Crippen LogP contribution in [0.15, 0.2) is 12.7 Å². The Hall–Kier alpha value is -0.830. The quantitative estimate of drug-likeness (QED) is 0.339. The second-order valence-corrected chi connectivity index (χ2v) is 2.38. The monoisotopic (exact) mass is 157 g/mol. The van der Waals surface area contributed by atoms with Gasteiger partial charge in [-0.25, -0.2) is 4.79 Å². The predicted molar refractivity (Wildman–Crippen MR) is 44.1 cm³/mol. The standard InChI is InChI=1S/C8H15NO2/c1-4-6-9(3)7-11-8(10)5-2/h5H,2,4,6-7H2,1,3H3. The first-order valence-electron chi connectivity index (χ1n) is 3.68. The fraction of sp³-hybridized carbons (Fsp3) is 0.625. The predicted octanol–water partition coefficient (Wildman–Crippen LogP) is 1.01. The number of ether oxygens (including phenoxy) is 1. The number of hydrogen-bond donors (Lipinski definition) is 0. The van der Waals surface area contributed by atoms with Gasteiger partial charge in [0.05, 0.1) is 0 Å². The van der Waals surface area contributed by atoms with Crippen LogP contribution in [0.1, 0.15) is 13.3 Å². The molecular weight excluding hydrogens is 142 g/mol. The molecule has 0 aliphatic rings. The molecule has 0 rings (SSSR count). The van der Waals surface area contributed by atoms with Crippen LogP contribution in [0.2, 0.25) is 0 Å². The van der Waals surface area contributed by atoms with Gasteiger partial charge in [0.15, 0.2) is 0 Å². The van der Waals surface area contributed by atoms with E-state index in [2.05, 4.69) is 13.5 Å². The Kier molecular flexibility index (Phi) is 5.47. The van der Waals surface area contributed by atoms with Crippen molar-refractivity contribution in [2.24, 2.45) is 0 Å². The maximum atomic E-state index is 10.6. The maximum Gasteiger partial charge on any atom is 0.331 e. The van der Waals surface area contributed by atoms with Gasteiger partial charge >= 0.3 is 5.97 Å². The zero-order valence-electron chi connectivity index (χ0n) is 7.17. The Morgan fingerprint density at radius 2 is 2.36 bits per heavy atom. The number of hydrogen-bond acceptors (Lipinski definition) is 3. The van der Waals surface area contributed by atoms with Crippen LogP contribution in [0.25, 0.3) is 0 Å². The van der Waals surface area contributed by atoms with Crippen molar-refractivity contribution in [2.75, 3.05) is 20.3 Å². The van der Waals surface area contributed by atoms with Crippen LogP contribution in [0.5, 0.6) is 0 Å². The molecule has 0 spiro atoms. The smallest absolute Gasteiger partial charge is 0.331 e. The molecule has 0 aromatic heterocycles. The lowest BCUT2D eigenvalue weighted by Crippen LogP contribution is -2.23. The highest BCUT2D eigenvalue weighted by Gasteiger charge is 1.98. The van der Waals surface area contributed by atoms with Crippen LogP contribution >= 0.6 is 0 Å². The van der Waals surface area contributed by atoms with E-state index in [1.54, 1.807) is 0 Å². The number of rotatable bonds is 5. The summed E-state index contributed by atoms with van der Waals surface area (Å²) in [7, 11) is 1.90. The van der Waals surface area contributed by atoms with Crippen LogP contribution in [0.4, 0.5) is 0 Å². The molecule has 0 fully saturated rings. The van der Waals surface area contributed by atoms with E-state index < -0.39 is 0 Å². The molecule has 0 aliphatic heterocycles. The zero-order chi connectivity index (χ0) is 8.69. The molecular formula is C8H15NO2. The van der Waals surface area contributed by atoms with E-state index in [9.17, 15) is 4.79 Å². The highest BCUT2D eigenvalue weighted by Crippen LogP contribution is 1.87. The van der Waals surface area contributed by atoms with Gasteiger partial charge in [0.1, 0.15) is 6.73 Å². The van der Waals surface area contributed by atoms with Crippen molar-refractivity contribution in [1.82, 2.24) is 4.90 Å². The van der Waals surface area contributed by atoms with Crippen LogP contribution in [0.3, 0.4) is 0 Å². The lowest BCUT2D eigenvalue weighted by Gasteiger charge is -2.14. The minimum atomic E-state index is -0.368. The van der Waals surface area contributed by atoms with Gasteiger partial charge in [-0.2, -0.15) is 0 Å². The summed E-state index contributed by atoms with van der Waals surface area (Å²) in [6.07, 6.45) is 2.22. The average Bonchev–Trinajstić information content (AvgIpc) is 2.01. The molecule has 0 radical (unpaired) electrons. The van der Waals surface area contributed by atoms with E-state index in [-0.39, 0.29) is 5.97 Å². The summed E-state index contributed by atoms with van der Waals surface area (Å²) in [5.74, 6) is -0.368. The molecule has 0 heterocycles. The molecule has 0 N–H and O–H groups in total. The van der Waals surface area contributed by atoms with Crippen LogP contribution in [-0.4, -0.2) is 31.2 Å². The van der Waals surface area contributed by atoms with Gasteiger partial charge in [0.2, 0.25) is 0 Å². The highest BCUT2D eigenvalue weighted by molar-refractivity contribution is 5.81. The van der Waals surface area contributed by atoms with E-state index in [4.69, 9.17) is 4.74 Å². The molecule has 0 bridgehead atoms. The van der Waals surface area contributed by atoms with Crippen molar-refractivity contribution in [3.8, 4) is 0 Å². The summed E-state index contributed by atoms with van der Waals surface area (Å²) in [6, 6.07) is 0. The lowest BCUT2D eigenvalue weighted by atomic mass is 10.5. The number of nitrogens with zero attached hydrogens (tertiary/aromatic N) is 1. The van der Waals surface area contributed by atoms with Crippen LogP contribution in [0, 0.1) is 0 Å². The molecule has 0 aromatic rings. The minimum absolute atomic E-state index is 0.346. The number of carbonyl (C=O) groups excluding carboxylic acids is 1. The SMILES string of the molecule is C=CC(=O)OCN(C)CCC. The fourth-order valence-electron chi connectivity index (χ4n) is 0.679. The topological polar surface area (TPSA) is 29.5 Å². The Bertz CT molecular complexity index is 134. The number of carbonyl (C=O) groups is 1. The molecule has 0 unspecified atom stereocenters. The Balaban J connectivity index is 3.37. The average molecular weight is 157 g/mol. The largest absolute Gasteiger partial charge is 0.446 e. The van der Waals surface area contributed by atoms with E-state index >= 15 is 0 Å². The lowest BCUT2D eigenvalue weighted by molar-refractivity contribution is -0.141. The van der Waals surface area contributed by atoms with Crippen molar-refractivity contribution in [3.63, 3.8) is 0 Å². The molecule has 0 saturated carbocycles. The van der Waals surface area contributed by atoms with Gasteiger partial charge in [-0.3, -0.25) is 4.90 Å². The highest BCUT2D eigenvalue weighted by atomic mass is 16.5. The molecule has 0 aliphatic carbocycles. The molecule has 0 aromatic carbocycles. The molecule has 0 amide bonds. The van der Waals surface area contributed by atoms with Gasteiger partial charge in [0.25, 0.3) is 0 Å². The third-order valence-corrected chi connectivity index (χ3v) is 1.20. The Morgan fingerprint density at radius 3 is 2.82 bits per heavy atom. The van der Waals surface area contributed by atoms with Gasteiger partial charge in [-0.1, -0.05) is 13.5 Å². The van der Waals surface area contributed by atoms with Gasteiger partial charge < -0.3 is 4.74 Å². The normalized spacial score (nSPS) is 9.73. The molecule has 11 heavy (non-hydrogen) atoms. The van der Waals surface area contributed by atoms with Gasteiger partial charge in [0, 0.05) is 12.6 Å². The van der Waals surface area contributed by atoms with Crippen molar-refractivity contribution >= 4 is 5.97 Å². The Labute approximate surface area is 67.6 Å². The van der Waals surface area contributed by atoms with E-state index in [0.29, 0.717) is 6.73 Å². The Morgan fingerprint density at radius 1 is 1.73 bits per heavy atom. The summed E-state index contributed by atoms with van der Waals surface area (Å²) < 4.78 is 4.77. The molecule has 0 saturated heterocycles. The van der Waals surface area contributed by atoms with Crippen LogP contribution < -0.4 is 0 Å². The molecule has 3 heteroatoms. The van der Waals surface area contributed by atoms with Crippen molar-refractivity contribution in [2.45, 2.75) is 13.3 Å². The van der Waals surface area contributed by atoms with Gasteiger partial charge in [-0.05, 0) is 13.5 Å². The summed E-state index contributed by atoms with van der Waals surface area (Å²) in [4.78, 5) is 12.5. The second kappa shape index (κ2) is 5.92. The first-order chi connectivity index (χ1) is 5.20. The molecule has 3 nitrogen and oxygen atoms in total. The summed E-state index contributed by atoms with van der Waals surface area (Å²) in [6.45, 7) is 6.65. The summed E-state index contributed by atoms with van der Waals surface area (Å²) >= 11 is 0. The van der Waals surface area contributed by atoms with E-state index in [1.165, 1.54) is 6.08 Å². The van der Waals surface area contributed by atoms with Gasteiger partial charge in [-0.15, -0.1) is 0 Å². The third kappa shape index (κ3) is 5.61. The van der Waals surface area contributed by atoms with Crippen molar-refractivity contribution in [1.29, 1.82) is 0 Å². The fourth-order valence-corrected chi connectivity index (χ4v) is 0.679. The summed E-state index contributed by atoms with van der Waals surface area (Å²) in [5.41, 5.74) is 0. The number of esters is 1. The first-order valence-corrected chi connectivity index (χ1v) is 3.68. The maximum absolute atomic E-state index is 10.6. The third-order valence-electron chi connectivity index (χ3n) is 1.20. The summed E-state index contributed by atoms with van der Waals surface area (Å²) in [5, 5.41) is 0. The van der Waals surface area contributed by atoms with E-state index in [0.717, 1.165) is 13.0 Å². The van der Waals surface area contributed by atoms with Crippen LogP contribution in [-0.2, 0) is 9.53 Å². The first kappa shape index (κ1) is 10.2. The second-order valence-electron chi connectivity index (χ2n) is 2.38. The van der Waals surface area contributed by atoms with Crippen molar-refractivity contribution < 1.29 is 9.53 Å². The van der Waals surface area contributed by atoms with E-state index in [1.807, 2.05) is 11.9 Å². The van der Waals surface area contributed by atoms with Crippen molar-refractivity contribution in [3.05, 3.63) is 12.7 Å².